The average Bonchev–Trinajstić information content (AvgIpc) is 3.27. The molecule has 5 heteroatoms. The summed E-state index contributed by atoms with van der Waals surface area (Å²) in [5.41, 5.74) is 2.62. The van der Waals surface area contributed by atoms with E-state index in [1.54, 1.807) is 0 Å². The summed E-state index contributed by atoms with van der Waals surface area (Å²) in [6.07, 6.45) is 0.903. The van der Waals surface area contributed by atoms with Crippen LogP contribution in [0.3, 0.4) is 0 Å². The minimum absolute atomic E-state index is 0.348. The van der Waals surface area contributed by atoms with E-state index in [1.807, 2.05) is 12.1 Å². The third kappa shape index (κ3) is 12.6. The fraction of sp³-hybridized carbons (Fsp3) is 0.0392. The van der Waals surface area contributed by atoms with Crippen molar-refractivity contribution in [2.75, 3.05) is 0 Å². The van der Waals surface area contributed by atoms with Crippen LogP contribution >= 0.6 is 35.2 Å². The van der Waals surface area contributed by atoms with Crippen molar-refractivity contribution in [1.82, 2.24) is 0 Å². The molecule has 0 unspecified atom stereocenters. The second kappa shape index (κ2) is 23.1. The largest absolute Gasteiger partial charge is 0.0622 e. The molecule has 0 amide bonds. The number of hydrogen-bond acceptors (Lipinski definition) is 0. The molecule has 0 aliphatic carbocycles. The van der Waals surface area contributed by atoms with Gasteiger partial charge in [-0.3, -0.25) is 0 Å². The van der Waals surface area contributed by atoms with E-state index in [0.29, 0.717) is 5.92 Å². The van der Waals surface area contributed by atoms with Crippen LogP contribution in [0.4, 0.5) is 0 Å². The number of rotatable bonds is 10. The van der Waals surface area contributed by atoms with Gasteiger partial charge in [0.2, 0.25) is 0 Å². The maximum atomic E-state index is 5.95. The van der Waals surface area contributed by atoms with Gasteiger partial charge in [-0.25, -0.2) is 0 Å². The van der Waals surface area contributed by atoms with Crippen LogP contribution in [0.25, 0.3) is 0 Å². The quantitative estimate of drug-likeness (QED) is 0.0948. The van der Waals surface area contributed by atoms with Crippen LogP contribution in [0.5, 0.6) is 0 Å². The Labute approximate surface area is 348 Å². The molecule has 0 atom stereocenters. The monoisotopic (exact) mass is 890 g/mol. The van der Waals surface area contributed by atoms with Crippen LogP contribution in [0.2, 0.25) is 0 Å². The molecule has 0 spiro atoms. The summed E-state index contributed by atoms with van der Waals surface area (Å²) < 4.78 is 2.08. The molecule has 56 heavy (non-hydrogen) atoms. The third-order valence-corrected chi connectivity index (χ3v) is 16.0. The molecule has 0 fully saturated rings. The van der Waals surface area contributed by atoms with Crippen molar-refractivity contribution in [3.63, 3.8) is 0 Å². The predicted octanol–water partition coefficient (Wildman–Crippen LogP) is 11.8. The summed E-state index contributed by atoms with van der Waals surface area (Å²) in [6.45, 7) is 0. The van der Waals surface area contributed by atoms with Gasteiger partial charge in [-0.05, 0) is 47.7 Å². The van der Waals surface area contributed by atoms with Gasteiger partial charge in [-0.2, -0.15) is 0 Å². The van der Waals surface area contributed by atoms with Gasteiger partial charge in [0.1, 0.15) is 0 Å². The smallest absolute Gasteiger partial charge is 0.0134 e. The number of benzene rings is 8. The molecule has 0 radical (unpaired) electrons. The van der Waals surface area contributed by atoms with E-state index in [0.717, 1.165) is 6.42 Å². The van der Waals surface area contributed by atoms with Crippen LogP contribution in [0.1, 0.15) is 23.5 Å². The molecule has 8 aromatic carbocycles. The fourth-order valence-electron chi connectivity index (χ4n) is 6.34. The van der Waals surface area contributed by atoms with Gasteiger partial charge in [0, 0.05) is 0 Å². The van der Waals surface area contributed by atoms with Crippen LogP contribution in [-0.2, 0) is 13.5 Å². The standard InChI is InChI=1S/2C18H15P.C15H14.2ClH.Ru/c2*1-4-10-16(11-5-1)19(17-12-6-2-7-13-17)18-14-8-3-9-15-18;1-2-15(13-9-5-3-6-10-13)14-11-7-4-8-12-14;;;/h2*1-15H;1,3-12,15H,2H2;2*1H;/q;;;;;+2/p-2. The van der Waals surface area contributed by atoms with Crippen molar-refractivity contribution in [2.45, 2.75) is 12.3 Å². The molecule has 0 N–H and O–H groups in total. The van der Waals surface area contributed by atoms with Crippen molar-refractivity contribution >= 4 is 71.7 Å². The van der Waals surface area contributed by atoms with Crippen molar-refractivity contribution in [1.29, 1.82) is 0 Å². The van der Waals surface area contributed by atoms with Gasteiger partial charge in [-0.1, -0.05) is 182 Å². The van der Waals surface area contributed by atoms with Crippen LogP contribution in [0.15, 0.2) is 243 Å². The van der Waals surface area contributed by atoms with Gasteiger partial charge in [-0.15, -0.1) is 0 Å². The average molecular weight is 891 g/mol. The second-order valence-corrected chi connectivity index (χ2v) is 23.0. The molecule has 280 valence electrons. The topological polar surface area (TPSA) is 0 Å². The minimum atomic E-state index is -1.69. The Hall–Kier alpha value is -4.31. The molecule has 8 aromatic rings. The van der Waals surface area contributed by atoms with E-state index in [4.69, 9.17) is 19.4 Å². The molecule has 0 aliphatic rings. The summed E-state index contributed by atoms with van der Waals surface area (Å²) >= 11 is -1.69. The molecule has 0 nitrogen and oxygen atoms in total. The van der Waals surface area contributed by atoms with Gasteiger partial charge >= 0.3 is 122 Å². The Balaban J connectivity index is 0.000000142. The molecular formula is C51H44Cl2P2Ru. The first-order chi connectivity index (χ1) is 27.7. The Kier molecular flexibility index (Phi) is 17.0. The Morgan fingerprint density at radius 1 is 0.321 bits per heavy atom. The third-order valence-electron chi connectivity index (χ3n) is 8.92. The molecule has 0 bridgehead atoms. The second-order valence-electron chi connectivity index (χ2n) is 12.6. The van der Waals surface area contributed by atoms with Gasteiger partial charge in [0.05, 0.1) is 0 Å². The van der Waals surface area contributed by atoms with E-state index < -0.39 is 29.4 Å². The van der Waals surface area contributed by atoms with E-state index in [9.17, 15) is 0 Å². The first kappa shape index (κ1) is 41.3. The number of hydrogen-bond donors (Lipinski definition) is 0. The van der Waals surface area contributed by atoms with Gasteiger partial charge in [0.15, 0.2) is 0 Å². The Morgan fingerprint density at radius 2 is 0.518 bits per heavy atom. The molecule has 0 saturated heterocycles. The Bertz CT molecular complexity index is 1930. The van der Waals surface area contributed by atoms with Crippen molar-refractivity contribution in [3.05, 3.63) is 254 Å². The molecule has 8 rings (SSSR count). The Morgan fingerprint density at radius 3 is 0.714 bits per heavy atom. The first-order valence-corrected chi connectivity index (χ1v) is 26.7. The van der Waals surface area contributed by atoms with Crippen LogP contribution in [-0.4, -0.2) is 4.61 Å². The summed E-state index contributed by atoms with van der Waals surface area (Å²) in [5, 5.41) is 8.39. The zero-order chi connectivity index (χ0) is 38.6. The maximum absolute atomic E-state index is 5.95. The molecule has 0 saturated carbocycles. The zero-order valence-electron chi connectivity index (χ0n) is 31.0. The summed E-state index contributed by atoms with van der Waals surface area (Å²) in [4.78, 5) is 0. The SMILES string of the molecule is [Cl][Ru]([Cl])=[CH]CC(c1ccccc1)c1ccccc1.c1ccc(P(c2ccccc2)c2ccccc2)cc1.c1ccc(P(c2ccccc2)c2ccccc2)cc1. The van der Waals surface area contributed by atoms with Crippen molar-refractivity contribution in [3.8, 4) is 0 Å². The van der Waals surface area contributed by atoms with E-state index in [-0.39, 0.29) is 0 Å². The fourth-order valence-corrected chi connectivity index (χ4v) is 12.4. The van der Waals surface area contributed by atoms with Gasteiger partial charge < -0.3 is 0 Å². The number of halogens is 2. The maximum Gasteiger partial charge on any atom is -0.0134 e. The summed E-state index contributed by atoms with van der Waals surface area (Å²) in [7, 11) is 11.0. The van der Waals surface area contributed by atoms with Crippen LogP contribution in [0, 0.1) is 0 Å². The van der Waals surface area contributed by atoms with E-state index >= 15 is 0 Å². The molecule has 0 heterocycles. The van der Waals surface area contributed by atoms with E-state index in [2.05, 4.69) is 235 Å². The zero-order valence-corrected chi connectivity index (χ0v) is 36.0. The van der Waals surface area contributed by atoms with Crippen molar-refractivity contribution in [2.24, 2.45) is 0 Å². The summed E-state index contributed by atoms with van der Waals surface area (Å²) in [6, 6.07) is 85.6. The first-order valence-electron chi connectivity index (χ1n) is 18.5. The molecule has 0 aliphatic heterocycles. The molecular weight excluding hydrogens is 846 g/mol. The van der Waals surface area contributed by atoms with E-state index in [1.165, 1.54) is 43.0 Å². The van der Waals surface area contributed by atoms with Gasteiger partial charge in [0.25, 0.3) is 0 Å². The van der Waals surface area contributed by atoms with Crippen LogP contribution < -0.4 is 31.8 Å². The minimum Gasteiger partial charge on any atom is -0.0622 e. The molecule has 0 aromatic heterocycles. The predicted molar refractivity (Wildman–Crippen MR) is 247 cm³/mol. The van der Waals surface area contributed by atoms with Crippen molar-refractivity contribution < 1.29 is 13.5 Å². The normalized spacial score (nSPS) is 10.8. The summed E-state index contributed by atoms with van der Waals surface area (Å²) in [5.74, 6) is 0.348.